The zero-order valence-electron chi connectivity index (χ0n) is 15.7. The van der Waals surface area contributed by atoms with Gasteiger partial charge in [-0.15, -0.1) is 0 Å². The molecule has 0 radical (unpaired) electrons. The van der Waals surface area contributed by atoms with E-state index >= 15 is 0 Å². The first-order chi connectivity index (χ1) is 12.7. The van der Waals surface area contributed by atoms with Gasteiger partial charge in [-0.25, -0.2) is 4.79 Å². The number of nitrogens with zero attached hydrogens (tertiary/aromatic N) is 2. The largest absolute Gasteiger partial charge is 0.360 e. The summed E-state index contributed by atoms with van der Waals surface area (Å²) in [5.41, 5.74) is 0.593. The van der Waals surface area contributed by atoms with Crippen molar-refractivity contribution in [2.75, 3.05) is 11.9 Å². The van der Waals surface area contributed by atoms with E-state index in [2.05, 4.69) is 29.6 Å². The van der Waals surface area contributed by atoms with Crippen molar-refractivity contribution in [3.63, 3.8) is 0 Å². The normalized spacial score (nSPS) is 19.5. The van der Waals surface area contributed by atoms with E-state index in [1.807, 2.05) is 24.3 Å². The average Bonchev–Trinajstić information content (AvgIpc) is 3.11. The summed E-state index contributed by atoms with van der Waals surface area (Å²) in [7, 11) is 0. The number of anilines is 1. The maximum absolute atomic E-state index is 12.9. The summed E-state index contributed by atoms with van der Waals surface area (Å²) < 4.78 is 4.87. The third kappa shape index (κ3) is 3.55. The van der Waals surface area contributed by atoms with Crippen LogP contribution in [0.15, 0.2) is 34.9 Å². The number of urea groups is 1. The molecule has 1 atom stereocenters. The van der Waals surface area contributed by atoms with Gasteiger partial charge < -0.3 is 15.2 Å². The smallest absolute Gasteiger partial charge is 0.325 e. The second-order valence-electron chi connectivity index (χ2n) is 7.09. The van der Waals surface area contributed by atoms with E-state index < -0.39 is 29.9 Å². The monoisotopic (exact) mass is 370 g/mol. The van der Waals surface area contributed by atoms with Crippen LogP contribution in [0.1, 0.15) is 43.6 Å². The minimum atomic E-state index is -1.21. The standard InChI is InChI=1S/C19H22N4O4/c1-11(2)13-5-7-14(8-6-13)19(4)17(25)23(18(26)21-19)10-16(24)20-15-9-12(3)27-22-15/h5-9,11H,10H2,1-4H3,(H,21,26)(H,20,22,24)/t19-/m1/s1. The first kappa shape index (κ1) is 18.6. The molecule has 2 N–H and O–H groups in total. The fraction of sp³-hybridized carbons (Fsp3) is 0.368. The van der Waals surface area contributed by atoms with Gasteiger partial charge >= 0.3 is 6.03 Å². The van der Waals surface area contributed by atoms with Gasteiger partial charge in [0.05, 0.1) is 0 Å². The molecule has 1 aliphatic heterocycles. The number of benzene rings is 1. The predicted octanol–water partition coefficient (Wildman–Crippen LogP) is 2.51. The van der Waals surface area contributed by atoms with Crippen molar-refractivity contribution >= 4 is 23.7 Å². The molecule has 8 heteroatoms. The van der Waals surface area contributed by atoms with Gasteiger partial charge in [0.25, 0.3) is 5.91 Å². The summed E-state index contributed by atoms with van der Waals surface area (Å²) in [5.74, 6) is 0.123. The molecule has 0 bridgehead atoms. The molecule has 2 heterocycles. The summed E-state index contributed by atoms with van der Waals surface area (Å²) in [6.45, 7) is 7.08. The SMILES string of the molecule is Cc1cc(NC(=O)CN2C(=O)N[C@](C)(c3ccc(C(C)C)cc3)C2=O)no1. The van der Waals surface area contributed by atoms with Crippen molar-refractivity contribution in [1.29, 1.82) is 0 Å². The highest BCUT2D eigenvalue weighted by atomic mass is 16.5. The number of imide groups is 1. The van der Waals surface area contributed by atoms with Crippen molar-refractivity contribution < 1.29 is 18.9 Å². The van der Waals surface area contributed by atoms with Gasteiger partial charge in [-0.05, 0) is 30.9 Å². The van der Waals surface area contributed by atoms with Crippen molar-refractivity contribution in [1.82, 2.24) is 15.4 Å². The van der Waals surface area contributed by atoms with Gasteiger partial charge in [-0.3, -0.25) is 14.5 Å². The van der Waals surface area contributed by atoms with Crippen LogP contribution in [-0.4, -0.2) is 34.4 Å². The highest BCUT2D eigenvalue weighted by Crippen LogP contribution is 2.29. The third-order valence-corrected chi connectivity index (χ3v) is 4.63. The highest BCUT2D eigenvalue weighted by molar-refractivity contribution is 6.10. The Labute approximate surface area is 156 Å². The Kier molecular flexibility index (Phi) is 4.73. The van der Waals surface area contributed by atoms with E-state index in [0.29, 0.717) is 17.2 Å². The van der Waals surface area contributed by atoms with E-state index in [9.17, 15) is 14.4 Å². The summed E-state index contributed by atoms with van der Waals surface area (Å²) in [6.07, 6.45) is 0. The van der Waals surface area contributed by atoms with E-state index in [-0.39, 0.29) is 5.82 Å². The van der Waals surface area contributed by atoms with E-state index in [0.717, 1.165) is 10.5 Å². The Balaban J connectivity index is 1.74. The number of hydrogen-bond donors (Lipinski definition) is 2. The van der Waals surface area contributed by atoms with Crippen LogP contribution in [0.25, 0.3) is 0 Å². The molecule has 1 fully saturated rings. The number of amides is 4. The fourth-order valence-electron chi connectivity index (χ4n) is 2.99. The molecule has 3 rings (SSSR count). The lowest BCUT2D eigenvalue weighted by molar-refractivity contribution is -0.133. The Morgan fingerprint density at radius 1 is 1.30 bits per heavy atom. The summed E-state index contributed by atoms with van der Waals surface area (Å²) in [5, 5.41) is 8.85. The average molecular weight is 370 g/mol. The van der Waals surface area contributed by atoms with Gasteiger partial charge in [0.1, 0.15) is 17.8 Å². The van der Waals surface area contributed by atoms with Gasteiger partial charge in [0.15, 0.2) is 5.82 Å². The maximum atomic E-state index is 12.9. The molecular formula is C19H22N4O4. The first-order valence-electron chi connectivity index (χ1n) is 8.68. The number of hydrogen-bond acceptors (Lipinski definition) is 5. The zero-order chi connectivity index (χ0) is 19.8. The van der Waals surface area contributed by atoms with Gasteiger partial charge in [0, 0.05) is 6.07 Å². The molecule has 1 saturated heterocycles. The highest BCUT2D eigenvalue weighted by Gasteiger charge is 2.49. The van der Waals surface area contributed by atoms with Crippen molar-refractivity contribution in [2.24, 2.45) is 0 Å². The number of rotatable bonds is 5. The van der Waals surface area contributed by atoms with Crippen molar-refractivity contribution in [3.05, 3.63) is 47.2 Å². The molecule has 1 aliphatic rings. The second-order valence-corrected chi connectivity index (χ2v) is 7.09. The zero-order valence-corrected chi connectivity index (χ0v) is 15.7. The Morgan fingerprint density at radius 3 is 2.52 bits per heavy atom. The van der Waals surface area contributed by atoms with Crippen LogP contribution >= 0.6 is 0 Å². The lowest BCUT2D eigenvalue weighted by Crippen LogP contribution is -2.42. The lowest BCUT2D eigenvalue weighted by atomic mass is 9.90. The van der Waals surface area contributed by atoms with Crippen LogP contribution in [0.5, 0.6) is 0 Å². The molecule has 1 aromatic heterocycles. The maximum Gasteiger partial charge on any atom is 0.325 e. The third-order valence-electron chi connectivity index (χ3n) is 4.63. The van der Waals surface area contributed by atoms with Crippen LogP contribution in [0.2, 0.25) is 0 Å². The topological polar surface area (TPSA) is 105 Å². The Hall–Kier alpha value is -3.16. The van der Waals surface area contributed by atoms with Gasteiger partial charge in [0.2, 0.25) is 5.91 Å². The van der Waals surface area contributed by atoms with Crippen LogP contribution in [-0.2, 0) is 15.1 Å². The van der Waals surface area contributed by atoms with Crippen LogP contribution < -0.4 is 10.6 Å². The molecule has 0 spiro atoms. The predicted molar refractivity (Wildman–Crippen MR) is 98.0 cm³/mol. The minimum Gasteiger partial charge on any atom is -0.360 e. The van der Waals surface area contributed by atoms with E-state index in [1.165, 1.54) is 0 Å². The molecule has 0 aliphatic carbocycles. The molecule has 142 valence electrons. The Bertz CT molecular complexity index is 887. The van der Waals surface area contributed by atoms with Crippen molar-refractivity contribution in [2.45, 2.75) is 39.2 Å². The summed E-state index contributed by atoms with van der Waals surface area (Å²) >= 11 is 0. The summed E-state index contributed by atoms with van der Waals surface area (Å²) in [4.78, 5) is 38.3. The van der Waals surface area contributed by atoms with E-state index in [1.54, 1.807) is 19.9 Å². The lowest BCUT2D eigenvalue weighted by Gasteiger charge is -2.22. The molecule has 2 aromatic rings. The minimum absolute atomic E-state index is 0.233. The molecule has 27 heavy (non-hydrogen) atoms. The fourth-order valence-corrected chi connectivity index (χ4v) is 2.99. The molecule has 0 unspecified atom stereocenters. The van der Waals surface area contributed by atoms with Gasteiger partial charge in [-0.2, -0.15) is 0 Å². The van der Waals surface area contributed by atoms with Crippen LogP contribution in [0.3, 0.4) is 0 Å². The molecule has 1 aromatic carbocycles. The van der Waals surface area contributed by atoms with E-state index in [4.69, 9.17) is 4.52 Å². The van der Waals surface area contributed by atoms with Crippen LogP contribution in [0.4, 0.5) is 10.6 Å². The number of carbonyl (C=O) groups excluding carboxylic acids is 3. The molecule has 0 saturated carbocycles. The molecule has 4 amide bonds. The first-order valence-corrected chi connectivity index (χ1v) is 8.68. The summed E-state index contributed by atoms with van der Waals surface area (Å²) in [6, 6.07) is 8.47. The number of aryl methyl sites for hydroxylation is 1. The number of carbonyl (C=O) groups is 3. The second kappa shape index (κ2) is 6.86. The molecular weight excluding hydrogens is 348 g/mol. The quantitative estimate of drug-likeness (QED) is 0.787. The van der Waals surface area contributed by atoms with Crippen LogP contribution in [0, 0.1) is 6.92 Å². The van der Waals surface area contributed by atoms with Gasteiger partial charge in [-0.1, -0.05) is 43.3 Å². The molecule has 8 nitrogen and oxygen atoms in total. The van der Waals surface area contributed by atoms with Crippen molar-refractivity contribution in [3.8, 4) is 0 Å². The number of aromatic nitrogens is 1. The Morgan fingerprint density at radius 2 is 1.96 bits per heavy atom. The number of nitrogens with one attached hydrogen (secondary N) is 2.